The number of likely N-dealkylation sites (tertiary alicyclic amines) is 1. The van der Waals surface area contributed by atoms with Gasteiger partial charge in [-0.2, -0.15) is 4.98 Å². The molecule has 2 aromatic heterocycles. The summed E-state index contributed by atoms with van der Waals surface area (Å²) in [4.78, 5) is 23.6. The van der Waals surface area contributed by atoms with Crippen molar-refractivity contribution in [2.75, 3.05) is 13.1 Å². The number of hydrogen-bond donors (Lipinski definition) is 0. The lowest BCUT2D eigenvalue weighted by Crippen LogP contribution is -2.40. The highest BCUT2D eigenvalue weighted by molar-refractivity contribution is 5.95. The Morgan fingerprint density at radius 2 is 2.07 bits per heavy atom. The van der Waals surface area contributed by atoms with E-state index in [4.69, 9.17) is 4.52 Å². The quantitative estimate of drug-likeness (QED) is 0.692. The summed E-state index contributed by atoms with van der Waals surface area (Å²) in [5, 5.41) is 4.15. The van der Waals surface area contributed by atoms with Crippen LogP contribution in [0.25, 0.3) is 11.4 Å². The van der Waals surface area contributed by atoms with E-state index in [0.717, 1.165) is 36.2 Å². The molecule has 0 radical (unpaired) electrons. The molecular weight excluding hydrogens is 352 g/mol. The van der Waals surface area contributed by atoms with Gasteiger partial charge in [0.25, 0.3) is 5.91 Å². The van der Waals surface area contributed by atoms with Gasteiger partial charge in [0.2, 0.25) is 11.7 Å². The number of carbonyl (C=O) groups is 1. The zero-order chi connectivity index (χ0) is 19.5. The molecule has 1 amide bonds. The highest BCUT2D eigenvalue weighted by atomic mass is 16.5. The number of aryl methyl sites for hydroxylation is 2. The second-order valence-electron chi connectivity index (χ2n) is 7.43. The van der Waals surface area contributed by atoms with Gasteiger partial charge in [0, 0.05) is 37.0 Å². The van der Waals surface area contributed by atoms with E-state index in [1.54, 1.807) is 6.20 Å². The number of rotatable bonds is 4. The first kappa shape index (κ1) is 18.3. The van der Waals surface area contributed by atoms with E-state index in [-0.39, 0.29) is 5.91 Å². The molecule has 0 bridgehead atoms. The highest BCUT2D eigenvalue weighted by Crippen LogP contribution is 2.24. The van der Waals surface area contributed by atoms with Crippen molar-refractivity contribution in [1.82, 2.24) is 20.0 Å². The monoisotopic (exact) mass is 376 g/mol. The number of amides is 1. The van der Waals surface area contributed by atoms with Gasteiger partial charge in [-0.15, -0.1) is 0 Å². The highest BCUT2D eigenvalue weighted by Gasteiger charge is 2.27. The molecule has 3 aromatic rings. The third kappa shape index (κ3) is 3.81. The minimum absolute atomic E-state index is 0.0569. The Morgan fingerprint density at radius 1 is 1.21 bits per heavy atom. The van der Waals surface area contributed by atoms with Crippen LogP contribution in [-0.4, -0.2) is 39.0 Å². The van der Waals surface area contributed by atoms with Crippen molar-refractivity contribution in [1.29, 1.82) is 0 Å². The molecule has 1 unspecified atom stereocenters. The molecular formula is C22H24N4O2. The minimum atomic E-state index is 0.0569. The third-order valence-electron chi connectivity index (χ3n) is 5.36. The van der Waals surface area contributed by atoms with E-state index in [1.165, 1.54) is 0 Å². The van der Waals surface area contributed by atoms with Gasteiger partial charge in [-0.3, -0.25) is 9.78 Å². The Kier molecular flexibility index (Phi) is 5.19. The molecule has 6 nitrogen and oxygen atoms in total. The standard InChI is InChI=1S/C22H24N4O2/c1-15-7-3-4-9-18(15)21-24-20(28-25-21)13-17-8-6-12-26(14-17)22(27)19-10-5-11-23-16(19)2/h3-5,7,9-11,17H,6,8,12-14H2,1-2H3. The van der Waals surface area contributed by atoms with Crippen LogP contribution < -0.4 is 0 Å². The van der Waals surface area contributed by atoms with Crippen molar-refractivity contribution in [3.63, 3.8) is 0 Å². The second kappa shape index (κ2) is 7.92. The summed E-state index contributed by atoms with van der Waals surface area (Å²) in [7, 11) is 0. The maximum atomic E-state index is 12.9. The number of pyridine rings is 1. The molecule has 1 fully saturated rings. The smallest absolute Gasteiger partial charge is 0.255 e. The molecule has 1 aliphatic rings. The van der Waals surface area contributed by atoms with Crippen molar-refractivity contribution in [2.45, 2.75) is 33.1 Å². The molecule has 6 heteroatoms. The van der Waals surface area contributed by atoms with Gasteiger partial charge in [-0.25, -0.2) is 0 Å². The summed E-state index contributed by atoms with van der Waals surface area (Å²) in [6, 6.07) is 11.7. The second-order valence-corrected chi connectivity index (χ2v) is 7.43. The molecule has 144 valence electrons. The number of carbonyl (C=O) groups excluding carboxylic acids is 1. The molecule has 0 aliphatic carbocycles. The number of hydrogen-bond acceptors (Lipinski definition) is 5. The van der Waals surface area contributed by atoms with E-state index < -0.39 is 0 Å². The van der Waals surface area contributed by atoms with Gasteiger partial charge in [0.1, 0.15) is 0 Å². The summed E-state index contributed by atoms with van der Waals surface area (Å²) in [5.74, 6) is 1.64. The molecule has 28 heavy (non-hydrogen) atoms. The first-order valence-corrected chi connectivity index (χ1v) is 9.71. The maximum Gasteiger partial charge on any atom is 0.255 e. The van der Waals surface area contributed by atoms with Crippen LogP contribution in [0.15, 0.2) is 47.1 Å². The molecule has 0 N–H and O–H groups in total. The predicted molar refractivity (Wildman–Crippen MR) is 106 cm³/mol. The van der Waals surface area contributed by atoms with E-state index in [0.29, 0.717) is 36.2 Å². The fraction of sp³-hybridized carbons (Fsp3) is 0.364. The van der Waals surface area contributed by atoms with E-state index in [2.05, 4.69) is 15.1 Å². The lowest BCUT2D eigenvalue weighted by molar-refractivity contribution is 0.0667. The summed E-state index contributed by atoms with van der Waals surface area (Å²) < 4.78 is 5.50. The van der Waals surface area contributed by atoms with Crippen LogP contribution in [-0.2, 0) is 6.42 Å². The largest absolute Gasteiger partial charge is 0.339 e. The molecule has 1 aromatic carbocycles. The van der Waals surface area contributed by atoms with Gasteiger partial charge < -0.3 is 9.42 Å². The Morgan fingerprint density at radius 3 is 2.89 bits per heavy atom. The SMILES string of the molecule is Cc1ccccc1-c1noc(CC2CCCN(C(=O)c3cccnc3C)C2)n1. The molecule has 4 rings (SSSR count). The minimum Gasteiger partial charge on any atom is -0.339 e. The summed E-state index contributed by atoms with van der Waals surface area (Å²) in [6.45, 7) is 5.40. The Labute approximate surface area is 164 Å². The van der Waals surface area contributed by atoms with Crippen LogP contribution in [0, 0.1) is 19.8 Å². The Bertz CT molecular complexity index is 982. The van der Waals surface area contributed by atoms with Crippen molar-refractivity contribution in [3.05, 3.63) is 65.3 Å². The van der Waals surface area contributed by atoms with Gasteiger partial charge >= 0.3 is 0 Å². The number of aromatic nitrogens is 3. The lowest BCUT2D eigenvalue weighted by atomic mass is 9.94. The Hall–Kier alpha value is -3.02. The number of piperidine rings is 1. The van der Waals surface area contributed by atoms with Crippen molar-refractivity contribution >= 4 is 5.91 Å². The Balaban J connectivity index is 1.44. The topological polar surface area (TPSA) is 72.1 Å². The summed E-state index contributed by atoms with van der Waals surface area (Å²) in [5.41, 5.74) is 3.57. The maximum absolute atomic E-state index is 12.9. The van der Waals surface area contributed by atoms with Crippen molar-refractivity contribution < 1.29 is 9.32 Å². The normalized spacial score (nSPS) is 16.9. The average Bonchev–Trinajstić information content (AvgIpc) is 3.16. The van der Waals surface area contributed by atoms with Crippen LogP contribution in [0.2, 0.25) is 0 Å². The fourth-order valence-electron chi connectivity index (χ4n) is 3.81. The number of nitrogens with zero attached hydrogens (tertiary/aromatic N) is 4. The predicted octanol–water partition coefficient (Wildman–Crippen LogP) is 3.84. The van der Waals surface area contributed by atoms with E-state index >= 15 is 0 Å². The molecule has 1 aliphatic heterocycles. The zero-order valence-electron chi connectivity index (χ0n) is 16.3. The molecule has 3 heterocycles. The van der Waals surface area contributed by atoms with E-state index in [9.17, 15) is 4.79 Å². The molecule has 0 spiro atoms. The number of benzene rings is 1. The van der Waals surface area contributed by atoms with Gasteiger partial charge in [0.05, 0.1) is 5.56 Å². The van der Waals surface area contributed by atoms with Crippen molar-refractivity contribution in [2.24, 2.45) is 5.92 Å². The van der Waals surface area contributed by atoms with Gasteiger partial charge in [0.15, 0.2) is 0 Å². The average molecular weight is 376 g/mol. The van der Waals surface area contributed by atoms with Crippen LogP contribution in [0.5, 0.6) is 0 Å². The summed E-state index contributed by atoms with van der Waals surface area (Å²) in [6.07, 6.45) is 4.44. The summed E-state index contributed by atoms with van der Waals surface area (Å²) >= 11 is 0. The molecule has 0 saturated carbocycles. The molecule has 1 saturated heterocycles. The molecule has 1 atom stereocenters. The zero-order valence-corrected chi connectivity index (χ0v) is 16.3. The van der Waals surface area contributed by atoms with Crippen LogP contribution in [0.1, 0.15) is 40.3 Å². The van der Waals surface area contributed by atoms with Crippen LogP contribution >= 0.6 is 0 Å². The first-order chi connectivity index (χ1) is 13.6. The van der Waals surface area contributed by atoms with Crippen molar-refractivity contribution in [3.8, 4) is 11.4 Å². The van der Waals surface area contributed by atoms with Crippen LogP contribution in [0.3, 0.4) is 0 Å². The fourth-order valence-corrected chi connectivity index (χ4v) is 3.81. The van der Waals surface area contributed by atoms with E-state index in [1.807, 2.05) is 55.1 Å². The third-order valence-corrected chi connectivity index (χ3v) is 5.36. The lowest BCUT2D eigenvalue weighted by Gasteiger charge is -2.32. The van der Waals surface area contributed by atoms with Crippen LogP contribution in [0.4, 0.5) is 0 Å². The van der Waals surface area contributed by atoms with Gasteiger partial charge in [-0.05, 0) is 50.3 Å². The first-order valence-electron chi connectivity index (χ1n) is 9.71. The van der Waals surface area contributed by atoms with Gasteiger partial charge in [-0.1, -0.05) is 29.4 Å².